The molecule has 0 aliphatic carbocycles. The Morgan fingerprint density at radius 3 is 2.67 bits per heavy atom. The fraction of sp³-hybridized carbons (Fsp3) is 0.381. The third-order valence-corrected chi connectivity index (χ3v) is 4.80. The van der Waals surface area contributed by atoms with Gasteiger partial charge in [0, 0.05) is 30.2 Å². The molecule has 0 spiro atoms. The number of amides is 1. The van der Waals surface area contributed by atoms with Gasteiger partial charge in [-0.3, -0.25) is 4.79 Å². The zero-order chi connectivity index (χ0) is 19.3. The number of thioether (sulfide) groups is 1. The summed E-state index contributed by atoms with van der Waals surface area (Å²) in [5.74, 6) is 0.251. The molecule has 6 heteroatoms. The van der Waals surface area contributed by atoms with Gasteiger partial charge in [-0.25, -0.2) is 4.39 Å². The van der Waals surface area contributed by atoms with Gasteiger partial charge in [-0.15, -0.1) is 11.8 Å². The van der Waals surface area contributed by atoms with Crippen molar-refractivity contribution in [1.82, 2.24) is 5.32 Å². The molecular formula is C21H26FNO3S. The molecular weight excluding hydrogens is 365 g/mol. The van der Waals surface area contributed by atoms with Gasteiger partial charge in [0.05, 0.1) is 19.8 Å². The zero-order valence-corrected chi connectivity index (χ0v) is 16.4. The van der Waals surface area contributed by atoms with Gasteiger partial charge in [-0.2, -0.15) is 0 Å². The Balaban J connectivity index is 1.67. The maximum Gasteiger partial charge on any atom is 0.221 e. The highest BCUT2D eigenvalue weighted by molar-refractivity contribution is 7.99. The van der Waals surface area contributed by atoms with Crippen LogP contribution in [0.5, 0.6) is 0 Å². The summed E-state index contributed by atoms with van der Waals surface area (Å²) in [6, 6.07) is 14.5. The predicted molar refractivity (Wildman–Crippen MR) is 106 cm³/mol. The quantitative estimate of drug-likeness (QED) is 0.436. The van der Waals surface area contributed by atoms with E-state index < -0.39 is 0 Å². The second kappa shape index (κ2) is 12.5. The summed E-state index contributed by atoms with van der Waals surface area (Å²) in [6.07, 6.45) is 0.346. The normalized spacial score (nSPS) is 10.7. The molecule has 0 heterocycles. The smallest absolute Gasteiger partial charge is 0.221 e. The summed E-state index contributed by atoms with van der Waals surface area (Å²) in [5.41, 5.74) is 2.09. The molecule has 1 amide bonds. The minimum Gasteiger partial charge on any atom is -0.379 e. The average Bonchev–Trinajstić information content (AvgIpc) is 2.68. The van der Waals surface area contributed by atoms with Crippen LogP contribution < -0.4 is 5.32 Å². The van der Waals surface area contributed by atoms with Crippen LogP contribution in [0.25, 0.3) is 0 Å². The Labute approximate surface area is 164 Å². The topological polar surface area (TPSA) is 47.6 Å². The molecule has 27 heavy (non-hydrogen) atoms. The number of carbonyl (C=O) groups excluding carboxylic acids is 1. The SMILES string of the molecule is CCOCCOCc1cccc(CNC(=O)CCSc2ccccc2F)c1. The van der Waals surface area contributed by atoms with Crippen molar-refractivity contribution in [3.8, 4) is 0 Å². The Morgan fingerprint density at radius 2 is 1.85 bits per heavy atom. The van der Waals surface area contributed by atoms with Crippen molar-refractivity contribution in [1.29, 1.82) is 0 Å². The fourth-order valence-electron chi connectivity index (χ4n) is 2.39. The van der Waals surface area contributed by atoms with Crippen LogP contribution in [-0.2, 0) is 27.4 Å². The van der Waals surface area contributed by atoms with E-state index in [-0.39, 0.29) is 11.7 Å². The summed E-state index contributed by atoms with van der Waals surface area (Å²) < 4.78 is 24.3. The highest BCUT2D eigenvalue weighted by atomic mass is 32.2. The lowest BCUT2D eigenvalue weighted by Crippen LogP contribution is -2.23. The number of hydrogen-bond donors (Lipinski definition) is 1. The van der Waals surface area contributed by atoms with Crippen LogP contribution in [-0.4, -0.2) is 31.5 Å². The first kappa shape index (κ1) is 21.4. The first-order valence-electron chi connectivity index (χ1n) is 9.06. The summed E-state index contributed by atoms with van der Waals surface area (Å²) in [6.45, 7) is 4.80. The number of carbonyl (C=O) groups is 1. The van der Waals surface area contributed by atoms with Crippen LogP contribution in [0.2, 0.25) is 0 Å². The van der Waals surface area contributed by atoms with E-state index >= 15 is 0 Å². The Morgan fingerprint density at radius 1 is 1.07 bits per heavy atom. The van der Waals surface area contributed by atoms with Crippen LogP contribution in [0.1, 0.15) is 24.5 Å². The third kappa shape index (κ3) is 8.56. The summed E-state index contributed by atoms with van der Waals surface area (Å²) >= 11 is 1.35. The Hall–Kier alpha value is -1.89. The van der Waals surface area contributed by atoms with Crippen molar-refractivity contribution in [2.75, 3.05) is 25.6 Å². The standard InChI is InChI=1S/C21H26FNO3S/c1-2-25-11-12-26-16-18-7-5-6-17(14-18)15-23-21(24)10-13-27-20-9-4-3-8-19(20)22/h3-9,14H,2,10-13,15-16H2,1H3,(H,23,24). The molecule has 0 saturated heterocycles. The van der Waals surface area contributed by atoms with E-state index in [0.29, 0.717) is 50.0 Å². The molecule has 2 aromatic carbocycles. The van der Waals surface area contributed by atoms with Gasteiger partial charge in [0.25, 0.3) is 0 Å². The molecule has 0 radical (unpaired) electrons. The van der Waals surface area contributed by atoms with Crippen molar-refractivity contribution < 1.29 is 18.7 Å². The number of ether oxygens (including phenoxy) is 2. The molecule has 0 aliphatic heterocycles. The van der Waals surface area contributed by atoms with Gasteiger partial charge < -0.3 is 14.8 Å². The largest absolute Gasteiger partial charge is 0.379 e. The summed E-state index contributed by atoms with van der Waals surface area (Å²) in [7, 11) is 0. The number of nitrogens with one attached hydrogen (secondary N) is 1. The second-order valence-electron chi connectivity index (χ2n) is 5.88. The number of rotatable bonds is 12. The molecule has 0 bridgehead atoms. The molecule has 146 valence electrons. The number of hydrogen-bond acceptors (Lipinski definition) is 4. The highest BCUT2D eigenvalue weighted by Crippen LogP contribution is 2.21. The molecule has 0 aliphatic rings. The average molecular weight is 392 g/mol. The van der Waals surface area contributed by atoms with Crippen molar-refractivity contribution in [2.45, 2.75) is 31.4 Å². The van der Waals surface area contributed by atoms with Crippen molar-refractivity contribution in [2.24, 2.45) is 0 Å². The first-order valence-corrected chi connectivity index (χ1v) is 10.0. The zero-order valence-electron chi connectivity index (χ0n) is 15.6. The van der Waals surface area contributed by atoms with Crippen LogP contribution in [0, 0.1) is 5.82 Å². The summed E-state index contributed by atoms with van der Waals surface area (Å²) in [5, 5.41) is 2.90. The monoisotopic (exact) mass is 391 g/mol. The lowest BCUT2D eigenvalue weighted by atomic mass is 10.1. The maximum atomic E-state index is 13.5. The van der Waals surface area contributed by atoms with Crippen molar-refractivity contribution in [3.63, 3.8) is 0 Å². The lowest BCUT2D eigenvalue weighted by Gasteiger charge is -2.08. The van der Waals surface area contributed by atoms with E-state index in [2.05, 4.69) is 5.32 Å². The van der Waals surface area contributed by atoms with Gasteiger partial charge in [-0.1, -0.05) is 36.4 Å². The molecule has 0 atom stereocenters. The van der Waals surface area contributed by atoms with E-state index in [9.17, 15) is 9.18 Å². The van der Waals surface area contributed by atoms with E-state index in [0.717, 1.165) is 11.1 Å². The fourth-order valence-corrected chi connectivity index (χ4v) is 3.27. The minimum absolute atomic E-state index is 0.0443. The van der Waals surface area contributed by atoms with Gasteiger partial charge >= 0.3 is 0 Å². The van der Waals surface area contributed by atoms with Gasteiger partial charge in [0.1, 0.15) is 5.82 Å². The van der Waals surface area contributed by atoms with E-state index in [1.165, 1.54) is 17.8 Å². The molecule has 0 saturated carbocycles. The van der Waals surface area contributed by atoms with Crippen LogP contribution >= 0.6 is 11.8 Å². The number of halogens is 1. The third-order valence-electron chi connectivity index (χ3n) is 3.75. The Bertz CT molecular complexity index is 711. The molecule has 0 aromatic heterocycles. The number of benzene rings is 2. The highest BCUT2D eigenvalue weighted by Gasteiger charge is 2.05. The molecule has 0 fully saturated rings. The lowest BCUT2D eigenvalue weighted by molar-refractivity contribution is -0.120. The summed E-state index contributed by atoms with van der Waals surface area (Å²) in [4.78, 5) is 12.6. The molecule has 4 nitrogen and oxygen atoms in total. The molecule has 1 N–H and O–H groups in total. The maximum absolute atomic E-state index is 13.5. The van der Waals surface area contributed by atoms with Crippen molar-refractivity contribution >= 4 is 17.7 Å². The van der Waals surface area contributed by atoms with E-state index in [1.54, 1.807) is 18.2 Å². The van der Waals surface area contributed by atoms with E-state index in [4.69, 9.17) is 9.47 Å². The van der Waals surface area contributed by atoms with Crippen molar-refractivity contribution in [3.05, 3.63) is 65.5 Å². The predicted octanol–water partition coefficient (Wildman–Crippen LogP) is 4.18. The molecule has 0 unspecified atom stereocenters. The molecule has 2 rings (SSSR count). The molecule has 2 aromatic rings. The van der Waals surface area contributed by atoms with E-state index in [1.807, 2.05) is 31.2 Å². The minimum atomic E-state index is -0.247. The first-order chi connectivity index (χ1) is 13.2. The van der Waals surface area contributed by atoms with Gasteiger partial charge in [0.2, 0.25) is 5.91 Å². The van der Waals surface area contributed by atoms with Gasteiger partial charge in [-0.05, 0) is 30.2 Å². The van der Waals surface area contributed by atoms with Crippen LogP contribution in [0.3, 0.4) is 0 Å². The van der Waals surface area contributed by atoms with Crippen LogP contribution in [0.15, 0.2) is 53.4 Å². The second-order valence-corrected chi connectivity index (χ2v) is 7.01. The van der Waals surface area contributed by atoms with Crippen LogP contribution in [0.4, 0.5) is 4.39 Å². The Kier molecular flexibility index (Phi) is 9.90. The van der Waals surface area contributed by atoms with Gasteiger partial charge in [0.15, 0.2) is 0 Å².